The Labute approximate surface area is 101 Å². The van der Waals surface area contributed by atoms with Crippen LogP contribution in [-0.2, 0) is 6.42 Å². The van der Waals surface area contributed by atoms with Crippen molar-refractivity contribution in [3.05, 3.63) is 22.7 Å². The van der Waals surface area contributed by atoms with E-state index < -0.39 is 0 Å². The van der Waals surface area contributed by atoms with Crippen LogP contribution >= 0.6 is 11.6 Å². The Morgan fingerprint density at radius 2 is 2.19 bits per heavy atom. The molecule has 1 heterocycles. The van der Waals surface area contributed by atoms with Crippen LogP contribution < -0.4 is 0 Å². The number of nitrogens with zero attached hydrogens (tertiary/aromatic N) is 2. The van der Waals surface area contributed by atoms with Gasteiger partial charge in [0, 0.05) is 11.6 Å². The SMILES string of the molecule is CCc1cc(Cl)nc(C2CC3CCC2C3)n1. The predicted molar refractivity (Wildman–Crippen MR) is 64.6 cm³/mol. The number of aryl methyl sites for hydroxylation is 1. The first kappa shape index (κ1) is 10.5. The molecule has 0 N–H and O–H groups in total. The lowest BCUT2D eigenvalue weighted by molar-refractivity contribution is 0.404. The Bertz CT molecular complexity index is 405. The fourth-order valence-electron chi connectivity index (χ4n) is 3.39. The van der Waals surface area contributed by atoms with Gasteiger partial charge in [-0.3, -0.25) is 0 Å². The van der Waals surface area contributed by atoms with Crippen molar-refractivity contribution in [3.8, 4) is 0 Å². The summed E-state index contributed by atoms with van der Waals surface area (Å²) >= 11 is 6.06. The zero-order valence-electron chi connectivity index (χ0n) is 9.62. The van der Waals surface area contributed by atoms with E-state index in [4.69, 9.17) is 11.6 Å². The molecule has 3 heteroatoms. The van der Waals surface area contributed by atoms with E-state index in [1.807, 2.05) is 6.07 Å². The van der Waals surface area contributed by atoms with Crippen LogP contribution in [-0.4, -0.2) is 9.97 Å². The maximum Gasteiger partial charge on any atom is 0.133 e. The Morgan fingerprint density at radius 3 is 2.81 bits per heavy atom. The van der Waals surface area contributed by atoms with E-state index in [0.717, 1.165) is 29.8 Å². The van der Waals surface area contributed by atoms with Crippen molar-refractivity contribution in [1.82, 2.24) is 9.97 Å². The number of rotatable bonds is 2. The largest absolute Gasteiger partial charge is 0.238 e. The lowest BCUT2D eigenvalue weighted by Gasteiger charge is -2.20. The molecule has 3 atom stereocenters. The highest BCUT2D eigenvalue weighted by molar-refractivity contribution is 6.29. The minimum atomic E-state index is 0.586. The van der Waals surface area contributed by atoms with Crippen molar-refractivity contribution in [1.29, 1.82) is 0 Å². The van der Waals surface area contributed by atoms with Crippen LogP contribution in [0.2, 0.25) is 5.15 Å². The molecule has 2 saturated carbocycles. The first-order valence-electron chi connectivity index (χ1n) is 6.29. The van der Waals surface area contributed by atoms with E-state index in [-0.39, 0.29) is 0 Å². The highest BCUT2D eigenvalue weighted by atomic mass is 35.5. The number of fused-ring (bicyclic) bond motifs is 2. The first-order valence-corrected chi connectivity index (χ1v) is 6.67. The lowest BCUT2D eigenvalue weighted by Crippen LogP contribution is -2.13. The highest BCUT2D eigenvalue weighted by Crippen LogP contribution is 2.52. The van der Waals surface area contributed by atoms with Gasteiger partial charge in [-0.1, -0.05) is 24.9 Å². The van der Waals surface area contributed by atoms with Gasteiger partial charge in [0.2, 0.25) is 0 Å². The predicted octanol–water partition coefficient (Wildman–Crippen LogP) is 3.60. The van der Waals surface area contributed by atoms with Crippen LogP contribution in [0.3, 0.4) is 0 Å². The summed E-state index contributed by atoms with van der Waals surface area (Å²) in [5.74, 6) is 3.36. The smallest absolute Gasteiger partial charge is 0.133 e. The Hall–Kier alpha value is -0.630. The lowest BCUT2D eigenvalue weighted by atomic mass is 9.88. The molecule has 0 aromatic carbocycles. The third-order valence-corrected chi connectivity index (χ3v) is 4.39. The topological polar surface area (TPSA) is 25.8 Å². The molecule has 3 rings (SSSR count). The molecule has 0 amide bonds. The van der Waals surface area contributed by atoms with Crippen molar-refractivity contribution >= 4 is 11.6 Å². The number of aromatic nitrogens is 2. The zero-order valence-corrected chi connectivity index (χ0v) is 10.4. The summed E-state index contributed by atoms with van der Waals surface area (Å²) in [5, 5.41) is 0.615. The molecule has 2 nitrogen and oxygen atoms in total. The van der Waals surface area contributed by atoms with Gasteiger partial charge in [0.15, 0.2) is 0 Å². The molecule has 2 aliphatic carbocycles. The zero-order chi connectivity index (χ0) is 11.1. The van der Waals surface area contributed by atoms with Crippen LogP contribution in [0.5, 0.6) is 0 Å². The van der Waals surface area contributed by atoms with Crippen molar-refractivity contribution in [2.75, 3.05) is 0 Å². The van der Waals surface area contributed by atoms with Crippen LogP contribution in [0.1, 0.15) is 50.0 Å². The molecule has 0 radical (unpaired) electrons. The fraction of sp³-hybridized carbons (Fsp3) is 0.692. The molecule has 3 unspecified atom stereocenters. The van der Waals surface area contributed by atoms with Gasteiger partial charge in [-0.05, 0) is 43.6 Å². The van der Waals surface area contributed by atoms with E-state index in [0.29, 0.717) is 11.1 Å². The molecule has 0 aliphatic heterocycles. The molecule has 86 valence electrons. The Kier molecular flexibility index (Phi) is 2.62. The van der Waals surface area contributed by atoms with Crippen LogP contribution in [0.4, 0.5) is 0 Å². The summed E-state index contributed by atoms with van der Waals surface area (Å²) in [5.41, 5.74) is 1.08. The summed E-state index contributed by atoms with van der Waals surface area (Å²) in [6.07, 6.45) is 6.40. The van der Waals surface area contributed by atoms with Crippen LogP contribution in [0.25, 0.3) is 0 Å². The monoisotopic (exact) mass is 236 g/mol. The van der Waals surface area contributed by atoms with Gasteiger partial charge in [0.25, 0.3) is 0 Å². The van der Waals surface area contributed by atoms with Gasteiger partial charge >= 0.3 is 0 Å². The Morgan fingerprint density at radius 1 is 1.31 bits per heavy atom. The van der Waals surface area contributed by atoms with E-state index in [1.165, 1.54) is 25.7 Å². The van der Waals surface area contributed by atoms with Gasteiger partial charge in [-0.25, -0.2) is 9.97 Å². The summed E-state index contributed by atoms with van der Waals surface area (Å²) in [4.78, 5) is 9.09. The Balaban J connectivity index is 1.91. The van der Waals surface area contributed by atoms with Gasteiger partial charge in [0.05, 0.1) is 0 Å². The third-order valence-electron chi connectivity index (χ3n) is 4.20. The quantitative estimate of drug-likeness (QED) is 0.734. The molecular formula is C13H17ClN2. The van der Waals surface area contributed by atoms with Crippen molar-refractivity contribution in [2.24, 2.45) is 11.8 Å². The van der Waals surface area contributed by atoms with Crippen LogP contribution in [0.15, 0.2) is 6.07 Å². The van der Waals surface area contributed by atoms with Gasteiger partial charge < -0.3 is 0 Å². The molecule has 1 aromatic rings. The summed E-state index contributed by atoms with van der Waals surface area (Å²) < 4.78 is 0. The minimum absolute atomic E-state index is 0.586. The first-order chi connectivity index (χ1) is 7.76. The molecule has 16 heavy (non-hydrogen) atoms. The molecule has 1 aromatic heterocycles. The molecule has 0 spiro atoms. The maximum absolute atomic E-state index is 6.06. The second-order valence-electron chi connectivity index (χ2n) is 5.18. The molecule has 2 fully saturated rings. The van der Waals surface area contributed by atoms with Crippen molar-refractivity contribution < 1.29 is 0 Å². The van der Waals surface area contributed by atoms with Crippen LogP contribution in [0, 0.1) is 11.8 Å². The van der Waals surface area contributed by atoms with Gasteiger partial charge in [-0.15, -0.1) is 0 Å². The second-order valence-corrected chi connectivity index (χ2v) is 5.56. The number of hydrogen-bond acceptors (Lipinski definition) is 2. The van der Waals surface area contributed by atoms with Crippen molar-refractivity contribution in [3.63, 3.8) is 0 Å². The summed E-state index contributed by atoms with van der Waals surface area (Å²) in [7, 11) is 0. The summed E-state index contributed by atoms with van der Waals surface area (Å²) in [6.45, 7) is 2.11. The molecule has 0 saturated heterocycles. The van der Waals surface area contributed by atoms with E-state index >= 15 is 0 Å². The fourth-order valence-corrected chi connectivity index (χ4v) is 3.60. The highest BCUT2D eigenvalue weighted by Gasteiger charge is 2.41. The normalized spacial score (nSPS) is 32.2. The molecule has 2 aliphatic rings. The average molecular weight is 237 g/mol. The van der Waals surface area contributed by atoms with Gasteiger partial charge in [-0.2, -0.15) is 0 Å². The van der Waals surface area contributed by atoms with Crippen molar-refractivity contribution in [2.45, 2.75) is 44.9 Å². The van der Waals surface area contributed by atoms with E-state index in [9.17, 15) is 0 Å². The second kappa shape index (κ2) is 3.99. The summed E-state index contributed by atoms with van der Waals surface area (Å²) in [6, 6.07) is 1.89. The van der Waals surface area contributed by atoms with E-state index in [1.54, 1.807) is 0 Å². The van der Waals surface area contributed by atoms with E-state index in [2.05, 4.69) is 16.9 Å². The third kappa shape index (κ3) is 1.73. The number of halogens is 1. The average Bonchev–Trinajstić information content (AvgIpc) is 2.89. The number of hydrogen-bond donors (Lipinski definition) is 0. The standard InChI is InChI=1S/C13H17ClN2/c1-2-10-7-12(14)16-13(15-10)11-6-8-3-4-9(11)5-8/h7-9,11H,2-6H2,1H3. The molecule has 2 bridgehead atoms. The minimum Gasteiger partial charge on any atom is -0.238 e. The van der Waals surface area contributed by atoms with Gasteiger partial charge in [0.1, 0.15) is 11.0 Å². The maximum atomic E-state index is 6.06. The molecular weight excluding hydrogens is 220 g/mol.